The standard InChI is InChI=1S/C15H23N3O.2ClH/c1-2-14(10-17-15(19)9-16)18-8-7-12-5-3-4-6-13(12)11-18;;/h3-6,14H,2,7-11,16H2,1H3,(H,17,19);2*1H. The maximum absolute atomic E-state index is 11.3. The molecule has 3 N–H and O–H groups in total. The molecule has 1 amide bonds. The molecule has 1 aliphatic heterocycles. The van der Waals surface area contributed by atoms with E-state index in [2.05, 4.69) is 41.4 Å². The van der Waals surface area contributed by atoms with Gasteiger partial charge in [-0.2, -0.15) is 0 Å². The molecule has 1 aliphatic rings. The summed E-state index contributed by atoms with van der Waals surface area (Å²) in [4.78, 5) is 13.7. The molecule has 0 aromatic heterocycles. The smallest absolute Gasteiger partial charge is 0.233 e. The molecule has 1 atom stereocenters. The zero-order valence-corrected chi connectivity index (χ0v) is 14.0. The van der Waals surface area contributed by atoms with Gasteiger partial charge >= 0.3 is 0 Å². The summed E-state index contributed by atoms with van der Waals surface area (Å²) >= 11 is 0. The van der Waals surface area contributed by atoms with Crippen LogP contribution in [0.15, 0.2) is 24.3 Å². The lowest BCUT2D eigenvalue weighted by Crippen LogP contribution is -2.46. The van der Waals surface area contributed by atoms with Crippen LogP contribution in [-0.2, 0) is 17.8 Å². The zero-order chi connectivity index (χ0) is 13.7. The van der Waals surface area contributed by atoms with Gasteiger partial charge in [0.2, 0.25) is 5.91 Å². The van der Waals surface area contributed by atoms with Crippen LogP contribution in [0.25, 0.3) is 0 Å². The number of nitrogens with one attached hydrogen (secondary N) is 1. The number of hydrogen-bond donors (Lipinski definition) is 2. The minimum atomic E-state index is -0.0733. The number of carbonyl (C=O) groups is 1. The van der Waals surface area contributed by atoms with E-state index in [-0.39, 0.29) is 37.3 Å². The van der Waals surface area contributed by atoms with Crippen LogP contribution in [0.3, 0.4) is 0 Å². The summed E-state index contributed by atoms with van der Waals surface area (Å²) in [5.41, 5.74) is 8.19. The van der Waals surface area contributed by atoms with Crippen LogP contribution >= 0.6 is 24.8 Å². The van der Waals surface area contributed by atoms with Crippen LogP contribution in [0.5, 0.6) is 0 Å². The second-order valence-electron chi connectivity index (χ2n) is 5.06. The molecule has 1 aromatic rings. The normalized spacial score (nSPS) is 15.1. The second kappa shape index (κ2) is 10.0. The highest BCUT2D eigenvalue weighted by Crippen LogP contribution is 2.20. The largest absolute Gasteiger partial charge is 0.353 e. The topological polar surface area (TPSA) is 58.4 Å². The Morgan fingerprint density at radius 3 is 2.62 bits per heavy atom. The minimum absolute atomic E-state index is 0. The van der Waals surface area contributed by atoms with Crippen molar-refractivity contribution in [2.24, 2.45) is 5.73 Å². The van der Waals surface area contributed by atoms with E-state index in [9.17, 15) is 4.79 Å². The number of nitrogens with two attached hydrogens (primary N) is 1. The molecule has 0 radical (unpaired) electrons. The number of halogens is 2. The van der Waals surface area contributed by atoms with E-state index in [1.54, 1.807) is 0 Å². The number of nitrogens with zero attached hydrogens (tertiary/aromatic N) is 1. The van der Waals surface area contributed by atoms with Crippen molar-refractivity contribution >= 4 is 30.7 Å². The van der Waals surface area contributed by atoms with Gasteiger partial charge in [-0.1, -0.05) is 31.2 Å². The van der Waals surface area contributed by atoms with Gasteiger partial charge in [0.15, 0.2) is 0 Å². The van der Waals surface area contributed by atoms with Crippen molar-refractivity contribution in [1.29, 1.82) is 0 Å². The van der Waals surface area contributed by atoms with E-state index in [4.69, 9.17) is 5.73 Å². The molecule has 0 spiro atoms. The van der Waals surface area contributed by atoms with Crippen LogP contribution in [-0.4, -0.2) is 36.5 Å². The van der Waals surface area contributed by atoms with Gasteiger partial charge in [-0.05, 0) is 24.0 Å². The Bertz CT molecular complexity index is 443. The molecule has 0 saturated heterocycles. The summed E-state index contributed by atoms with van der Waals surface area (Å²) < 4.78 is 0. The Morgan fingerprint density at radius 1 is 1.33 bits per heavy atom. The first-order valence-corrected chi connectivity index (χ1v) is 7.02. The van der Waals surface area contributed by atoms with E-state index < -0.39 is 0 Å². The van der Waals surface area contributed by atoms with Crippen LogP contribution in [0.2, 0.25) is 0 Å². The monoisotopic (exact) mass is 333 g/mol. The van der Waals surface area contributed by atoms with Crippen molar-refractivity contribution in [3.05, 3.63) is 35.4 Å². The quantitative estimate of drug-likeness (QED) is 0.862. The first kappa shape index (κ1) is 20.2. The predicted octanol–water partition coefficient (Wildman–Crippen LogP) is 1.74. The number of fused-ring (bicyclic) bond motifs is 1. The Kier molecular flexibility index (Phi) is 9.62. The summed E-state index contributed by atoms with van der Waals surface area (Å²) in [6.07, 6.45) is 2.13. The van der Waals surface area contributed by atoms with Crippen molar-refractivity contribution in [2.45, 2.75) is 32.4 Å². The number of hydrogen-bond acceptors (Lipinski definition) is 3. The third-order valence-electron chi connectivity index (χ3n) is 3.87. The van der Waals surface area contributed by atoms with Crippen LogP contribution < -0.4 is 11.1 Å². The molecule has 4 nitrogen and oxygen atoms in total. The van der Waals surface area contributed by atoms with Crippen molar-refractivity contribution in [2.75, 3.05) is 19.6 Å². The van der Waals surface area contributed by atoms with Crippen molar-refractivity contribution in [1.82, 2.24) is 10.2 Å². The molecule has 0 saturated carbocycles. The molecule has 6 heteroatoms. The molecule has 0 bridgehead atoms. The van der Waals surface area contributed by atoms with Crippen molar-refractivity contribution in [3.8, 4) is 0 Å². The first-order chi connectivity index (χ1) is 9.24. The molecule has 2 rings (SSSR count). The highest BCUT2D eigenvalue weighted by atomic mass is 35.5. The average molecular weight is 334 g/mol. The van der Waals surface area contributed by atoms with E-state index in [1.807, 2.05) is 0 Å². The average Bonchev–Trinajstić information content (AvgIpc) is 2.47. The highest BCUT2D eigenvalue weighted by molar-refractivity contribution is 5.85. The van der Waals surface area contributed by atoms with E-state index >= 15 is 0 Å². The van der Waals surface area contributed by atoms with Gasteiger partial charge in [0, 0.05) is 25.7 Å². The lowest BCUT2D eigenvalue weighted by molar-refractivity contribution is -0.120. The summed E-state index contributed by atoms with van der Waals surface area (Å²) in [5, 5.41) is 2.90. The Morgan fingerprint density at radius 2 is 2.00 bits per heavy atom. The second-order valence-corrected chi connectivity index (χ2v) is 5.06. The number of benzene rings is 1. The van der Waals surface area contributed by atoms with E-state index in [0.29, 0.717) is 12.6 Å². The molecular weight excluding hydrogens is 309 g/mol. The van der Waals surface area contributed by atoms with Gasteiger partial charge in [0.1, 0.15) is 0 Å². The number of carbonyl (C=O) groups excluding carboxylic acids is 1. The SMILES string of the molecule is CCC(CNC(=O)CN)N1CCc2ccccc2C1.Cl.Cl. The van der Waals surface area contributed by atoms with Gasteiger partial charge in [-0.3, -0.25) is 9.69 Å². The third kappa shape index (κ3) is 5.47. The fourth-order valence-corrected chi connectivity index (χ4v) is 2.66. The summed E-state index contributed by atoms with van der Waals surface area (Å²) in [6, 6.07) is 9.01. The molecule has 21 heavy (non-hydrogen) atoms. The van der Waals surface area contributed by atoms with Crippen LogP contribution in [0, 0.1) is 0 Å². The molecule has 0 fully saturated rings. The molecule has 1 aromatic carbocycles. The lowest BCUT2D eigenvalue weighted by Gasteiger charge is -2.35. The molecular formula is C15H25Cl2N3O. The Labute approximate surface area is 139 Å². The fraction of sp³-hybridized carbons (Fsp3) is 0.533. The minimum Gasteiger partial charge on any atom is -0.353 e. The maximum atomic E-state index is 11.3. The van der Waals surface area contributed by atoms with E-state index in [1.165, 1.54) is 11.1 Å². The zero-order valence-electron chi connectivity index (χ0n) is 12.4. The van der Waals surface area contributed by atoms with Crippen LogP contribution in [0.1, 0.15) is 24.5 Å². The molecule has 1 heterocycles. The number of rotatable bonds is 5. The third-order valence-corrected chi connectivity index (χ3v) is 3.87. The maximum Gasteiger partial charge on any atom is 0.233 e. The molecule has 120 valence electrons. The van der Waals surface area contributed by atoms with E-state index in [0.717, 1.165) is 25.9 Å². The fourth-order valence-electron chi connectivity index (χ4n) is 2.66. The summed E-state index contributed by atoms with van der Waals surface area (Å²) in [7, 11) is 0. The first-order valence-electron chi connectivity index (χ1n) is 7.02. The van der Waals surface area contributed by atoms with Crippen molar-refractivity contribution in [3.63, 3.8) is 0 Å². The van der Waals surface area contributed by atoms with Gasteiger partial charge in [0.25, 0.3) is 0 Å². The number of amides is 1. The van der Waals surface area contributed by atoms with Gasteiger partial charge in [-0.15, -0.1) is 24.8 Å². The summed E-state index contributed by atoms with van der Waals surface area (Å²) in [6.45, 7) is 4.97. The highest BCUT2D eigenvalue weighted by Gasteiger charge is 2.22. The summed E-state index contributed by atoms with van der Waals surface area (Å²) in [5.74, 6) is -0.0733. The van der Waals surface area contributed by atoms with Crippen molar-refractivity contribution < 1.29 is 4.79 Å². The van der Waals surface area contributed by atoms with Gasteiger partial charge in [-0.25, -0.2) is 0 Å². The molecule has 0 aliphatic carbocycles. The Hall–Kier alpha value is -0.810. The predicted molar refractivity (Wildman–Crippen MR) is 91.2 cm³/mol. The van der Waals surface area contributed by atoms with Gasteiger partial charge in [0.05, 0.1) is 6.54 Å². The van der Waals surface area contributed by atoms with Gasteiger partial charge < -0.3 is 11.1 Å². The van der Waals surface area contributed by atoms with Crippen LogP contribution in [0.4, 0.5) is 0 Å². The Balaban J connectivity index is 0.00000200. The lowest BCUT2D eigenvalue weighted by atomic mass is 9.98. The molecule has 1 unspecified atom stereocenters.